The van der Waals surface area contributed by atoms with Gasteiger partial charge in [0.25, 0.3) is 5.56 Å². The largest absolute Gasteiger partial charge is 0.493 e. The summed E-state index contributed by atoms with van der Waals surface area (Å²) in [7, 11) is 0. The average molecular weight is 452 g/mol. The van der Waals surface area contributed by atoms with Gasteiger partial charge in [-0.15, -0.1) is 0 Å². The quantitative estimate of drug-likeness (QED) is 0.321. The molecule has 0 aliphatic rings. The van der Waals surface area contributed by atoms with Crippen LogP contribution in [0.1, 0.15) is 18.9 Å². The van der Waals surface area contributed by atoms with Crippen molar-refractivity contribution in [3.63, 3.8) is 0 Å². The summed E-state index contributed by atoms with van der Waals surface area (Å²) >= 11 is 5.80. The van der Waals surface area contributed by atoms with Crippen LogP contribution in [0.4, 0.5) is 0 Å². The zero-order chi connectivity index (χ0) is 23.3. The number of nitrogens with one attached hydrogen (secondary N) is 2. The third-order valence-corrected chi connectivity index (χ3v) is 4.28. The first-order valence-electron chi connectivity index (χ1n) is 8.70. The first-order chi connectivity index (χ1) is 14.5. The van der Waals surface area contributed by atoms with Crippen LogP contribution in [0, 0.1) is 0 Å². The molecule has 0 spiro atoms. The number of amides is 2. The van der Waals surface area contributed by atoms with Gasteiger partial charge in [0.15, 0.2) is 0 Å². The molecule has 0 saturated heterocycles. The minimum absolute atomic E-state index is 0.208. The van der Waals surface area contributed by atoms with Crippen LogP contribution in [0.5, 0.6) is 5.88 Å². The molecule has 164 valence electrons. The second-order valence-electron chi connectivity index (χ2n) is 6.33. The number of carboxylic acids is 1. The van der Waals surface area contributed by atoms with Gasteiger partial charge in [0.2, 0.25) is 17.7 Å². The van der Waals surface area contributed by atoms with Crippen LogP contribution in [-0.4, -0.2) is 55.8 Å². The highest BCUT2D eigenvalue weighted by atomic mass is 35.5. The summed E-state index contributed by atoms with van der Waals surface area (Å²) in [6, 6.07) is 3.06. The highest BCUT2D eigenvalue weighted by Gasteiger charge is 2.24. The molecule has 0 radical (unpaired) electrons. The van der Waals surface area contributed by atoms with E-state index in [1.807, 2.05) is 4.98 Å². The van der Waals surface area contributed by atoms with Crippen molar-refractivity contribution in [1.29, 1.82) is 0 Å². The summed E-state index contributed by atoms with van der Waals surface area (Å²) in [6.07, 6.45) is 0.248. The first kappa shape index (κ1) is 23.3. The SMILES string of the molecule is C[C@H](N=Cc1c(O)n(-c2ccc(Cl)cc2)c(=O)[nH]c1=O)C(=O)N[C@@H](CC(N)=O)C(=O)O. The van der Waals surface area contributed by atoms with Crippen LogP contribution in [0.2, 0.25) is 5.02 Å². The third kappa shape index (κ3) is 5.79. The van der Waals surface area contributed by atoms with E-state index in [1.54, 1.807) is 0 Å². The zero-order valence-corrected chi connectivity index (χ0v) is 16.8. The van der Waals surface area contributed by atoms with Gasteiger partial charge in [-0.1, -0.05) is 11.6 Å². The Bertz CT molecular complexity index is 1150. The predicted octanol–water partition coefficient (Wildman–Crippen LogP) is -0.863. The van der Waals surface area contributed by atoms with Crippen LogP contribution in [0.25, 0.3) is 5.69 Å². The molecule has 0 saturated carbocycles. The Labute approximate surface area is 179 Å². The maximum atomic E-state index is 12.1. The van der Waals surface area contributed by atoms with Gasteiger partial charge in [-0.3, -0.25) is 24.4 Å². The van der Waals surface area contributed by atoms with Crippen LogP contribution in [0.15, 0.2) is 38.8 Å². The number of aliphatic carboxylic acids is 1. The van der Waals surface area contributed by atoms with Gasteiger partial charge in [-0.25, -0.2) is 14.2 Å². The monoisotopic (exact) mass is 451 g/mol. The molecular weight excluding hydrogens is 434 g/mol. The third-order valence-electron chi connectivity index (χ3n) is 4.03. The van der Waals surface area contributed by atoms with Crippen LogP contribution < -0.4 is 22.3 Å². The van der Waals surface area contributed by atoms with E-state index in [0.717, 1.165) is 10.8 Å². The van der Waals surface area contributed by atoms with Gasteiger partial charge in [0, 0.05) is 11.2 Å². The van der Waals surface area contributed by atoms with Crippen molar-refractivity contribution in [3.05, 3.63) is 55.7 Å². The smallest absolute Gasteiger partial charge is 0.335 e. The lowest BCUT2D eigenvalue weighted by atomic mass is 10.2. The number of H-pyrrole nitrogens is 1. The number of hydrogen-bond acceptors (Lipinski definition) is 7. The Hall–Kier alpha value is -3.93. The molecule has 1 heterocycles. The maximum absolute atomic E-state index is 12.1. The van der Waals surface area contributed by atoms with Crippen molar-refractivity contribution in [1.82, 2.24) is 14.9 Å². The minimum atomic E-state index is -1.55. The molecule has 2 atom stereocenters. The molecule has 0 aliphatic heterocycles. The van der Waals surface area contributed by atoms with Crippen molar-refractivity contribution < 1.29 is 24.6 Å². The van der Waals surface area contributed by atoms with Crippen LogP contribution in [0.3, 0.4) is 0 Å². The van der Waals surface area contributed by atoms with Gasteiger partial charge in [0.1, 0.15) is 17.6 Å². The summed E-state index contributed by atoms with van der Waals surface area (Å²) in [5, 5.41) is 21.9. The van der Waals surface area contributed by atoms with Gasteiger partial charge in [-0.2, -0.15) is 0 Å². The van der Waals surface area contributed by atoms with E-state index in [1.165, 1.54) is 31.2 Å². The normalized spacial score (nSPS) is 13.0. The molecule has 6 N–H and O–H groups in total. The lowest BCUT2D eigenvalue weighted by molar-refractivity contribution is -0.143. The first-order valence-corrected chi connectivity index (χ1v) is 9.08. The molecule has 2 aromatic rings. The lowest BCUT2D eigenvalue weighted by Crippen LogP contribution is -2.46. The molecule has 0 unspecified atom stereocenters. The molecule has 2 rings (SSSR count). The van der Waals surface area contributed by atoms with Crippen molar-refractivity contribution in [2.45, 2.75) is 25.4 Å². The number of primary amides is 1. The number of aromatic hydroxyl groups is 1. The Morgan fingerprint density at radius 2 is 1.90 bits per heavy atom. The summed E-state index contributed by atoms with van der Waals surface area (Å²) in [4.78, 5) is 64.3. The van der Waals surface area contributed by atoms with Gasteiger partial charge < -0.3 is 21.3 Å². The zero-order valence-electron chi connectivity index (χ0n) is 16.0. The number of carboxylic acid groups (broad SMARTS) is 1. The van der Waals surface area contributed by atoms with Crippen LogP contribution in [-0.2, 0) is 14.4 Å². The van der Waals surface area contributed by atoms with E-state index in [2.05, 4.69) is 10.3 Å². The molecule has 1 aromatic heterocycles. The summed E-state index contributed by atoms with van der Waals surface area (Å²) in [5.74, 6) is -3.99. The summed E-state index contributed by atoms with van der Waals surface area (Å²) in [5.41, 5.74) is 2.87. The number of aromatic nitrogens is 2. The Morgan fingerprint density at radius 1 is 1.29 bits per heavy atom. The molecule has 13 heteroatoms. The second-order valence-corrected chi connectivity index (χ2v) is 6.77. The molecular formula is C18H18ClN5O7. The van der Waals surface area contributed by atoms with Crippen LogP contribution >= 0.6 is 11.6 Å². The number of benzene rings is 1. The van der Waals surface area contributed by atoms with Crippen molar-refractivity contribution in [3.8, 4) is 11.6 Å². The Morgan fingerprint density at radius 3 is 2.45 bits per heavy atom. The number of carbonyl (C=O) groups excluding carboxylic acids is 2. The fourth-order valence-electron chi connectivity index (χ4n) is 2.43. The molecule has 12 nitrogen and oxygen atoms in total. The molecule has 0 bridgehead atoms. The molecule has 0 fully saturated rings. The number of nitrogens with zero attached hydrogens (tertiary/aromatic N) is 2. The Kier molecular flexibility index (Phi) is 7.32. The fourth-order valence-corrected chi connectivity index (χ4v) is 2.56. The minimum Gasteiger partial charge on any atom is -0.493 e. The van der Waals surface area contributed by atoms with E-state index in [4.69, 9.17) is 22.4 Å². The predicted molar refractivity (Wildman–Crippen MR) is 110 cm³/mol. The average Bonchev–Trinajstić information content (AvgIpc) is 2.67. The molecule has 1 aromatic carbocycles. The standard InChI is InChI=1S/C18H18ClN5O7/c1-8(14(26)22-12(17(29)30)6-13(20)25)21-7-11-15(27)23-18(31)24(16(11)28)10-4-2-9(19)3-5-10/h2-5,7-8,12,28H,6H2,1H3,(H2,20,25)(H,22,26)(H,29,30)(H,23,27,31)/t8-,12-/m0/s1. The molecule has 0 aliphatic carbocycles. The van der Waals surface area contributed by atoms with E-state index >= 15 is 0 Å². The number of aromatic amines is 1. The highest BCUT2D eigenvalue weighted by Crippen LogP contribution is 2.17. The van der Waals surface area contributed by atoms with E-state index in [-0.39, 0.29) is 5.69 Å². The highest BCUT2D eigenvalue weighted by molar-refractivity contribution is 6.30. The Balaban J connectivity index is 2.32. The fraction of sp³-hybridized carbons (Fsp3) is 0.222. The van der Waals surface area contributed by atoms with Gasteiger partial charge >= 0.3 is 11.7 Å². The van der Waals surface area contributed by atoms with Gasteiger partial charge in [0.05, 0.1) is 12.1 Å². The molecule has 2 amide bonds. The molecule has 31 heavy (non-hydrogen) atoms. The number of halogens is 1. The van der Waals surface area contributed by atoms with Gasteiger partial charge in [-0.05, 0) is 31.2 Å². The van der Waals surface area contributed by atoms with E-state index < -0.39 is 59.0 Å². The number of nitrogens with two attached hydrogens (primary N) is 1. The van der Waals surface area contributed by atoms with E-state index in [0.29, 0.717) is 5.02 Å². The summed E-state index contributed by atoms with van der Waals surface area (Å²) < 4.78 is 0.803. The second kappa shape index (κ2) is 9.71. The summed E-state index contributed by atoms with van der Waals surface area (Å²) in [6.45, 7) is 1.29. The number of aliphatic imine (C=N–C) groups is 1. The lowest BCUT2D eigenvalue weighted by Gasteiger charge is -2.14. The maximum Gasteiger partial charge on any atom is 0.335 e. The van der Waals surface area contributed by atoms with Crippen molar-refractivity contribution >= 4 is 35.6 Å². The van der Waals surface area contributed by atoms with E-state index in [9.17, 15) is 29.1 Å². The number of carbonyl (C=O) groups is 3. The number of rotatable bonds is 8. The number of hydrogen-bond donors (Lipinski definition) is 5. The topological polar surface area (TPSA) is 197 Å². The van der Waals surface area contributed by atoms with Crippen molar-refractivity contribution in [2.24, 2.45) is 10.7 Å². The van der Waals surface area contributed by atoms with Crippen molar-refractivity contribution in [2.75, 3.05) is 0 Å².